The Bertz CT molecular complexity index is 628. The third-order valence-electron chi connectivity index (χ3n) is 4.45. The van der Waals surface area contributed by atoms with Crippen molar-refractivity contribution in [3.63, 3.8) is 0 Å². The van der Waals surface area contributed by atoms with Crippen molar-refractivity contribution in [3.8, 4) is 0 Å². The quantitative estimate of drug-likeness (QED) is 0.577. The molecule has 0 aromatic carbocycles. The summed E-state index contributed by atoms with van der Waals surface area (Å²) in [5, 5.41) is 0.604. The summed E-state index contributed by atoms with van der Waals surface area (Å²) < 4.78 is 1.32. The minimum Gasteiger partial charge on any atom is -0.117 e. The van der Waals surface area contributed by atoms with Crippen LogP contribution in [0.15, 0.2) is 68.6 Å². The highest BCUT2D eigenvalue weighted by Crippen LogP contribution is 2.53. The fourth-order valence-corrected chi connectivity index (χ4v) is 5.35. The van der Waals surface area contributed by atoms with Crippen LogP contribution < -0.4 is 0 Å². The van der Waals surface area contributed by atoms with Gasteiger partial charge in [0.1, 0.15) is 0 Å². The minimum atomic E-state index is 0.599. The Hall–Kier alpha value is -0.730. The lowest BCUT2D eigenvalue weighted by Gasteiger charge is -2.25. The maximum Gasteiger partial charge on any atom is 0.0450 e. The van der Waals surface area contributed by atoms with Gasteiger partial charge in [-0.25, -0.2) is 0 Å². The van der Waals surface area contributed by atoms with Gasteiger partial charge in [0.25, 0.3) is 0 Å². The number of allylic oxidation sites excluding steroid dienone is 10. The van der Waals surface area contributed by atoms with E-state index in [-0.39, 0.29) is 0 Å². The molecule has 0 nitrogen and oxygen atoms in total. The molecule has 1 fully saturated rings. The molecule has 4 aliphatic rings. The van der Waals surface area contributed by atoms with E-state index in [1.54, 1.807) is 11.1 Å². The monoisotopic (exact) mass is 344 g/mol. The van der Waals surface area contributed by atoms with E-state index >= 15 is 0 Å². The second kappa shape index (κ2) is 5.23. The maximum atomic E-state index is 3.61. The molecule has 2 heteroatoms. The molecule has 0 radical (unpaired) electrons. The zero-order valence-electron chi connectivity index (χ0n) is 11.3. The summed E-state index contributed by atoms with van der Waals surface area (Å²) >= 11 is 5.69. The number of hydrogen-bond donors (Lipinski definition) is 0. The zero-order valence-corrected chi connectivity index (χ0v) is 13.7. The predicted octanol–water partition coefficient (Wildman–Crippen LogP) is 5.82. The number of hydrogen-bond acceptors (Lipinski definition) is 1. The third kappa shape index (κ3) is 2.14. The van der Waals surface area contributed by atoms with Crippen molar-refractivity contribution in [2.45, 2.75) is 30.9 Å². The summed E-state index contributed by atoms with van der Waals surface area (Å²) in [7, 11) is 0. The van der Waals surface area contributed by atoms with Crippen LogP contribution in [0.25, 0.3) is 0 Å². The van der Waals surface area contributed by atoms with E-state index in [0.29, 0.717) is 11.2 Å². The van der Waals surface area contributed by atoms with E-state index in [1.807, 2.05) is 0 Å². The van der Waals surface area contributed by atoms with Gasteiger partial charge in [0.15, 0.2) is 0 Å². The lowest BCUT2D eigenvalue weighted by atomic mass is 9.82. The van der Waals surface area contributed by atoms with Crippen LogP contribution in [-0.2, 0) is 0 Å². The van der Waals surface area contributed by atoms with E-state index < -0.39 is 0 Å². The molecular weight excluding hydrogens is 328 g/mol. The van der Waals surface area contributed by atoms with Crippen LogP contribution in [0.2, 0.25) is 0 Å². The first-order valence-corrected chi connectivity index (χ1v) is 9.01. The van der Waals surface area contributed by atoms with Crippen molar-refractivity contribution < 1.29 is 0 Å². The van der Waals surface area contributed by atoms with Crippen LogP contribution in [0.4, 0.5) is 0 Å². The molecule has 1 heterocycles. The molecule has 2 atom stereocenters. The van der Waals surface area contributed by atoms with Crippen LogP contribution in [0.1, 0.15) is 25.7 Å². The van der Waals surface area contributed by atoms with Gasteiger partial charge in [-0.2, -0.15) is 0 Å². The molecule has 102 valence electrons. The molecule has 0 N–H and O–H groups in total. The summed E-state index contributed by atoms with van der Waals surface area (Å²) in [4.78, 5) is 1.54. The molecule has 20 heavy (non-hydrogen) atoms. The van der Waals surface area contributed by atoms with Crippen molar-refractivity contribution in [3.05, 3.63) is 68.6 Å². The molecule has 2 unspecified atom stereocenters. The van der Waals surface area contributed by atoms with E-state index in [2.05, 4.69) is 70.2 Å². The van der Waals surface area contributed by atoms with Gasteiger partial charge in [0.2, 0.25) is 0 Å². The average Bonchev–Trinajstić information content (AvgIpc) is 2.87. The third-order valence-corrected chi connectivity index (χ3v) is 6.57. The lowest BCUT2D eigenvalue weighted by Crippen LogP contribution is -2.18. The highest BCUT2D eigenvalue weighted by Gasteiger charge is 2.38. The summed E-state index contributed by atoms with van der Waals surface area (Å²) in [6.07, 6.45) is 21.2. The molecule has 1 saturated heterocycles. The molecular formula is C18H17BrS. The van der Waals surface area contributed by atoms with Gasteiger partial charge in [-0.1, -0.05) is 58.5 Å². The summed E-state index contributed by atoms with van der Waals surface area (Å²) in [6, 6.07) is 0. The van der Waals surface area contributed by atoms with Crippen LogP contribution in [0, 0.1) is 5.92 Å². The van der Waals surface area contributed by atoms with Crippen molar-refractivity contribution in [1.82, 2.24) is 0 Å². The van der Waals surface area contributed by atoms with Gasteiger partial charge < -0.3 is 0 Å². The molecule has 0 aromatic heterocycles. The summed E-state index contributed by atoms with van der Waals surface area (Å²) in [6.45, 7) is 0. The van der Waals surface area contributed by atoms with E-state index in [1.165, 1.54) is 34.2 Å². The van der Waals surface area contributed by atoms with E-state index in [0.717, 1.165) is 6.42 Å². The minimum absolute atomic E-state index is 0.599. The van der Waals surface area contributed by atoms with Gasteiger partial charge in [0.05, 0.1) is 0 Å². The van der Waals surface area contributed by atoms with Crippen LogP contribution >= 0.6 is 27.7 Å². The smallest absolute Gasteiger partial charge is 0.0450 e. The molecule has 0 amide bonds. The SMILES string of the molecule is BrC1=CC=C(C2=CC=CC3C4=CCCC=C4SC23)CC1. The number of rotatable bonds is 1. The Kier molecular flexibility index (Phi) is 3.39. The Morgan fingerprint density at radius 3 is 2.75 bits per heavy atom. The fourth-order valence-electron chi connectivity index (χ4n) is 3.44. The van der Waals surface area contributed by atoms with Gasteiger partial charge in [-0.15, -0.1) is 11.8 Å². The average molecular weight is 345 g/mol. The van der Waals surface area contributed by atoms with Crippen LogP contribution in [0.3, 0.4) is 0 Å². The zero-order chi connectivity index (χ0) is 13.5. The van der Waals surface area contributed by atoms with Gasteiger partial charge >= 0.3 is 0 Å². The van der Waals surface area contributed by atoms with Gasteiger partial charge in [-0.3, -0.25) is 0 Å². The fraction of sp³-hybridized carbons (Fsp3) is 0.333. The number of fused-ring (bicyclic) bond motifs is 3. The van der Waals surface area contributed by atoms with E-state index in [4.69, 9.17) is 0 Å². The second-order valence-corrected chi connectivity index (χ2v) is 7.88. The molecule has 0 spiro atoms. The van der Waals surface area contributed by atoms with Crippen LogP contribution in [-0.4, -0.2) is 5.25 Å². The first-order valence-electron chi connectivity index (χ1n) is 7.34. The highest BCUT2D eigenvalue weighted by atomic mass is 79.9. The second-order valence-electron chi connectivity index (χ2n) is 5.68. The Morgan fingerprint density at radius 2 is 1.90 bits per heavy atom. The van der Waals surface area contributed by atoms with Gasteiger partial charge in [-0.05, 0) is 46.9 Å². The Balaban J connectivity index is 1.70. The largest absolute Gasteiger partial charge is 0.117 e. The van der Waals surface area contributed by atoms with E-state index in [9.17, 15) is 0 Å². The number of halogens is 1. The first kappa shape index (κ1) is 13.0. The number of thioether (sulfide) groups is 1. The molecule has 0 aromatic rings. The van der Waals surface area contributed by atoms with Crippen molar-refractivity contribution in [2.75, 3.05) is 0 Å². The maximum absolute atomic E-state index is 3.61. The van der Waals surface area contributed by atoms with Gasteiger partial charge in [0, 0.05) is 16.1 Å². The van der Waals surface area contributed by atoms with Crippen LogP contribution in [0.5, 0.6) is 0 Å². The molecule has 3 aliphatic carbocycles. The summed E-state index contributed by atoms with van der Waals surface area (Å²) in [5.41, 5.74) is 4.66. The molecule has 0 bridgehead atoms. The Labute approximate surface area is 133 Å². The van der Waals surface area contributed by atoms with Crippen molar-refractivity contribution in [2.24, 2.45) is 5.92 Å². The van der Waals surface area contributed by atoms with Crippen molar-refractivity contribution in [1.29, 1.82) is 0 Å². The lowest BCUT2D eigenvalue weighted by molar-refractivity contribution is 0.768. The molecule has 1 aliphatic heterocycles. The predicted molar refractivity (Wildman–Crippen MR) is 91.8 cm³/mol. The molecule has 0 saturated carbocycles. The topological polar surface area (TPSA) is 0 Å². The Morgan fingerprint density at radius 1 is 1.00 bits per heavy atom. The molecule has 4 rings (SSSR count). The van der Waals surface area contributed by atoms with Crippen molar-refractivity contribution >= 4 is 27.7 Å². The normalized spacial score (nSPS) is 31.6. The standard InChI is InChI=1S/C18H17BrS/c19-13-10-8-12(9-11-13)14-5-3-6-16-15-4-1-2-7-17(15)20-18(14)16/h3-8,10,16,18H,1-2,9,11H2. The summed E-state index contributed by atoms with van der Waals surface area (Å²) in [5.74, 6) is 0.599. The first-order chi connectivity index (χ1) is 9.83. The highest BCUT2D eigenvalue weighted by molar-refractivity contribution is 9.11.